The number of β-amino-alcohol motifs (C(OH)–C–C–N with tert-alkyl or cyclic N) is 1. The van der Waals surface area contributed by atoms with E-state index in [0.29, 0.717) is 18.8 Å². The normalized spacial score (nSPS) is 20.8. The van der Waals surface area contributed by atoms with Crippen molar-refractivity contribution in [3.63, 3.8) is 0 Å². The molecule has 1 aliphatic heterocycles. The van der Waals surface area contributed by atoms with E-state index in [1.54, 1.807) is 12.1 Å². The molecule has 4 nitrogen and oxygen atoms in total. The third kappa shape index (κ3) is 3.48. The van der Waals surface area contributed by atoms with Crippen LogP contribution in [0.1, 0.15) is 18.4 Å². The number of halogens is 1. The Balaban J connectivity index is 2.12. The first kappa shape index (κ1) is 14.8. The SMILES string of the molecule is O=S(=O)(c1ccc(CCCCl)cc1)N1CC[C@H](O)C1. The first-order valence-electron chi connectivity index (χ1n) is 6.37. The highest BCUT2D eigenvalue weighted by molar-refractivity contribution is 7.89. The summed E-state index contributed by atoms with van der Waals surface area (Å²) in [5.41, 5.74) is 1.08. The number of rotatable bonds is 5. The maximum Gasteiger partial charge on any atom is 0.243 e. The number of aryl methyl sites for hydroxylation is 1. The van der Waals surface area contributed by atoms with E-state index in [9.17, 15) is 13.5 Å². The summed E-state index contributed by atoms with van der Waals surface area (Å²) in [5.74, 6) is 0.603. The van der Waals surface area contributed by atoms with Crippen molar-refractivity contribution in [1.82, 2.24) is 4.31 Å². The molecule has 0 radical (unpaired) electrons. The number of alkyl halides is 1. The summed E-state index contributed by atoms with van der Waals surface area (Å²) in [7, 11) is -3.46. The third-order valence-corrected chi connectivity index (χ3v) is 5.43. The largest absolute Gasteiger partial charge is 0.392 e. The third-order valence-electron chi connectivity index (χ3n) is 3.29. The van der Waals surface area contributed by atoms with Gasteiger partial charge in [-0.2, -0.15) is 4.31 Å². The molecule has 1 fully saturated rings. The second kappa shape index (κ2) is 6.22. The van der Waals surface area contributed by atoms with Crippen molar-refractivity contribution >= 4 is 21.6 Å². The van der Waals surface area contributed by atoms with E-state index in [2.05, 4.69) is 0 Å². The van der Waals surface area contributed by atoms with Crippen molar-refractivity contribution in [3.8, 4) is 0 Å². The standard InChI is InChI=1S/C13H18ClNO3S/c14-8-1-2-11-3-5-13(6-4-11)19(17,18)15-9-7-12(16)10-15/h3-6,12,16H,1-2,7-10H2/t12-/m0/s1. The second-order valence-electron chi connectivity index (χ2n) is 4.74. The number of aliphatic hydroxyl groups excluding tert-OH is 1. The zero-order valence-electron chi connectivity index (χ0n) is 10.6. The van der Waals surface area contributed by atoms with Crippen molar-refractivity contribution in [2.45, 2.75) is 30.3 Å². The van der Waals surface area contributed by atoms with Crippen molar-refractivity contribution in [3.05, 3.63) is 29.8 Å². The predicted octanol–water partition coefficient (Wildman–Crippen LogP) is 1.61. The number of benzene rings is 1. The lowest BCUT2D eigenvalue weighted by Crippen LogP contribution is -2.29. The molecule has 0 bridgehead atoms. The number of hydrogen-bond donors (Lipinski definition) is 1. The van der Waals surface area contributed by atoms with Crippen molar-refractivity contribution in [1.29, 1.82) is 0 Å². The van der Waals surface area contributed by atoms with Gasteiger partial charge in [-0.1, -0.05) is 12.1 Å². The lowest BCUT2D eigenvalue weighted by molar-refractivity contribution is 0.189. The van der Waals surface area contributed by atoms with Crippen LogP contribution in [0.5, 0.6) is 0 Å². The summed E-state index contributed by atoms with van der Waals surface area (Å²) >= 11 is 5.63. The summed E-state index contributed by atoms with van der Waals surface area (Å²) in [5, 5.41) is 9.43. The van der Waals surface area contributed by atoms with E-state index in [1.807, 2.05) is 12.1 Å². The monoisotopic (exact) mass is 303 g/mol. The van der Waals surface area contributed by atoms with Gasteiger partial charge < -0.3 is 5.11 Å². The van der Waals surface area contributed by atoms with E-state index in [-0.39, 0.29) is 11.4 Å². The highest BCUT2D eigenvalue weighted by Gasteiger charge is 2.31. The van der Waals surface area contributed by atoms with Crippen LogP contribution in [0, 0.1) is 0 Å². The average Bonchev–Trinajstić information content (AvgIpc) is 2.84. The summed E-state index contributed by atoms with van der Waals surface area (Å²) in [6.45, 7) is 0.577. The van der Waals surface area contributed by atoms with Crippen molar-refractivity contribution in [2.24, 2.45) is 0 Å². The first-order valence-corrected chi connectivity index (χ1v) is 8.34. The van der Waals surface area contributed by atoms with Crippen LogP contribution >= 0.6 is 11.6 Å². The van der Waals surface area contributed by atoms with Crippen LogP contribution in [0.3, 0.4) is 0 Å². The highest BCUT2D eigenvalue weighted by Crippen LogP contribution is 2.21. The predicted molar refractivity (Wildman–Crippen MR) is 74.9 cm³/mol. The van der Waals surface area contributed by atoms with Crippen LogP contribution in [-0.2, 0) is 16.4 Å². The molecule has 1 N–H and O–H groups in total. The molecule has 2 rings (SSSR count). The molecule has 1 aromatic rings. The summed E-state index contributed by atoms with van der Waals surface area (Å²) in [4.78, 5) is 0.288. The van der Waals surface area contributed by atoms with Crippen LogP contribution in [0.4, 0.5) is 0 Å². The molecule has 0 aliphatic carbocycles. The molecule has 1 aromatic carbocycles. The van der Waals surface area contributed by atoms with E-state index < -0.39 is 16.1 Å². The molecule has 1 heterocycles. The fourth-order valence-corrected chi connectivity index (χ4v) is 3.80. The summed E-state index contributed by atoms with van der Waals surface area (Å²) < 4.78 is 25.9. The summed E-state index contributed by atoms with van der Waals surface area (Å²) in [6.07, 6.45) is 1.70. The average molecular weight is 304 g/mol. The van der Waals surface area contributed by atoms with Gasteiger partial charge in [0.2, 0.25) is 10.0 Å². The Kier molecular flexibility index (Phi) is 4.84. The van der Waals surface area contributed by atoms with Crippen LogP contribution < -0.4 is 0 Å². The van der Waals surface area contributed by atoms with E-state index in [0.717, 1.165) is 18.4 Å². The van der Waals surface area contributed by atoms with Gasteiger partial charge in [0.1, 0.15) is 0 Å². The van der Waals surface area contributed by atoms with Gasteiger partial charge in [0.25, 0.3) is 0 Å². The topological polar surface area (TPSA) is 57.6 Å². The van der Waals surface area contributed by atoms with Gasteiger partial charge >= 0.3 is 0 Å². The van der Waals surface area contributed by atoms with Gasteiger partial charge in [0.05, 0.1) is 11.0 Å². The molecule has 0 spiro atoms. The zero-order chi connectivity index (χ0) is 13.9. The smallest absolute Gasteiger partial charge is 0.243 e. The Hall–Kier alpha value is -0.620. The van der Waals surface area contributed by atoms with Gasteiger partial charge in [-0.3, -0.25) is 0 Å². The Morgan fingerprint density at radius 2 is 2.00 bits per heavy atom. The molecule has 0 amide bonds. The first-order chi connectivity index (χ1) is 9.04. The van der Waals surface area contributed by atoms with E-state index in [1.165, 1.54) is 4.31 Å². The molecule has 106 valence electrons. The highest BCUT2D eigenvalue weighted by atomic mass is 35.5. The lowest BCUT2D eigenvalue weighted by Gasteiger charge is -2.15. The summed E-state index contributed by atoms with van der Waals surface area (Å²) in [6, 6.07) is 6.91. The minimum absolute atomic E-state index is 0.191. The number of nitrogens with zero attached hydrogens (tertiary/aromatic N) is 1. The minimum Gasteiger partial charge on any atom is -0.392 e. The van der Waals surface area contributed by atoms with Gasteiger partial charge in [-0.05, 0) is 37.0 Å². The van der Waals surface area contributed by atoms with Gasteiger partial charge in [-0.25, -0.2) is 8.42 Å². The second-order valence-corrected chi connectivity index (χ2v) is 7.06. The van der Waals surface area contributed by atoms with Gasteiger partial charge in [0, 0.05) is 19.0 Å². The molecule has 19 heavy (non-hydrogen) atoms. The van der Waals surface area contributed by atoms with Gasteiger partial charge in [0.15, 0.2) is 0 Å². The van der Waals surface area contributed by atoms with Crippen LogP contribution in [0.2, 0.25) is 0 Å². The Labute approximate surface area is 119 Å². The molecule has 0 aromatic heterocycles. The molecule has 1 atom stereocenters. The maximum absolute atomic E-state index is 12.3. The van der Waals surface area contributed by atoms with Crippen LogP contribution in [-0.4, -0.2) is 42.9 Å². The molecular weight excluding hydrogens is 286 g/mol. The Morgan fingerprint density at radius 1 is 1.32 bits per heavy atom. The molecule has 0 unspecified atom stereocenters. The molecule has 1 saturated heterocycles. The number of sulfonamides is 1. The maximum atomic E-state index is 12.3. The van der Waals surface area contributed by atoms with E-state index >= 15 is 0 Å². The van der Waals surface area contributed by atoms with Crippen molar-refractivity contribution in [2.75, 3.05) is 19.0 Å². The Bertz CT molecular complexity index is 515. The number of hydrogen-bond acceptors (Lipinski definition) is 3. The van der Waals surface area contributed by atoms with Crippen molar-refractivity contribution < 1.29 is 13.5 Å². The molecule has 6 heteroatoms. The quantitative estimate of drug-likeness (QED) is 0.841. The Morgan fingerprint density at radius 3 is 2.53 bits per heavy atom. The van der Waals surface area contributed by atoms with Gasteiger partial charge in [-0.15, -0.1) is 11.6 Å². The van der Waals surface area contributed by atoms with Crippen LogP contribution in [0.25, 0.3) is 0 Å². The minimum atomic E-state index is -3.46. The fraction of sp³-hybridized carbons (Fsp3) is 0.538. The van der Waals surface area contributed by atoms with Crippen LogP contribution in [0.15, 0.2) is 29.2 Å². The molecule has 0 saturated carbocycles. The van der Waals surface area contributed by atoms with E-state index in [4.69, 9.17) is 11.6 Å². The fourth-order valence-electron chi connectivity index (χ4n) is 2.18. The zero-order valence-corrected chi connectivity index (χ0v) is 12.2. The molecular formula is C13H18ClNO3S. The number of aliphatic hydroxyl groups is 1. The molecule has 1 aliphatic rings. The lowest BCUT2D eigenvalue weighted by atomic mass is 10.1.